The fourth-order valence-corrected chi connectivity index (χ4v) is 3.12. The zero-order valence-corrected chi connectivity index (χ0v) is 15.8. The largest absolute Gasteiger partial charge is 0.349 e. The van der Waals surface area contributed by atoms with Crippen molar-refractivity contribution in [1.29, 1.82) is 0 Å². The van der Waals surface area contributed by atoms with Gasteiger partial charge in [-0.05, 0) is 52.8 Å². The average Bonchev–Trinajstić information content (AvgIpc) is 2.88. The number of aromatic nitrogens is 2. The Morgan fingerprint density at radius 1 is 1.15 bits per heavy atom. The van der Waals surface area contributed by atoms with Crippen LogP contribution < -0.4 is 10.2 Å². The molecule has 0 aliphatic carbocycles. The molecule has 1 atom stereocenters. The average molecular weight is 352 g/mol. The van der Waals surface area contributed by atoms with Crippen molar-refractivity contribution < 1.29 is 9.59 Å². The second-order valence-corrected chi connectivity index (χ2v) is 7.59. The monoisotopic (exact) mass is 352 g/mol. The maximum Gasteiger partial charge on any atom is 0.253 e. The highest BCUT2D eigenvalue weighted by Gasteiger charge is 2.38. The van der Waals surface area contributed by atoms with E-state index in [1.54, 1.807) is 4.68 Å². The molecule has 2 heterocycles. The van der Waals surface area contributed by atoms with E-state index in [2.05, 4.69) is 10.4 Å². The third kappa shape index (κ3) is 3.40. The van der Waals surface area contributed by atoms with Crippen LogP contribution in [0, 0.1) is 6.92 Å². The fourth-order valence-electron chi connectivity index (χ4n) is 3.12. The van der Waals surface area contributed by atoms with E-state index in [0.29, 0.717) is 17.1 Å². The van der Waals surface area contributed by atoms with E-state index in [0.717, 1.165) is 5.69 Å². The number of hydrogen-bond acceptors (Lipinski definition) is 3. The van der Waals surface area contributed by atoms with Gasteiger partial charge in [0, 0.05) is 23.0 Å². The van der Waals surface area contributed by atoms with Crippen molar-refractivity contribution in [3.05, 3.63) is 53.9 Å². The van der Waals surface area contributed by atoms with Gasteiger partial charge in [-0.3, -0.25) is 14.5 Å². The van der Waals surface area contributed by atoms with E-state index in [-0.39, 0.29) is 11.8 Å². The van der Waals surface area contributed by atoms with Crippen molar-refractivity contribution >= 4 is 23.2 Å². The molecule has 0 bridgehead atoms. The van der Waals surface area contributed by atoms with Crippen LogP contribution in [0.5, 0.6) is 0 Å². The Labute approximate surface area is 153 Å². The zero-order chi connectivity index (χ0) is 19.1. The second-order valence-electron chi connectivity index (χ2n) is 7.59. The Kier molecular flexibility index (Phi) is 4.44. The van der Waals surface area contributed by atoms with Gasteiger partial charge in [-0.15, -0.1) is 0 Å². The Balaban J connectivity index is 2.20. The first-order valence-corrected chi connectivity index (χ1v) is 8.63. The summed E-state index contributed by atoms with van der Waals surface area (Å²) in [7, 11) is 0. The number of para-hydroxylation sites is 1. The van der Waals surface area contributed by atoms with Gasteiger partial charge in [-0.1, -0.05) is 18.2 Å². The summed E-state index contributed by atoms with van der Waals surface area (Å²) in [5, 5.41) is 7.48. The molecule has 6 heteroatoms. The van der Waals surface area contributed by atoms with Crippen LogP contribution in [0.4, 0.5) is 5.69 Å². The van der Waals surface area contributed by atoms with Crippen molar-refractivity contribution in [2.24, 2.45) is 0 Å². The minimum Gasteiger partial charge on any atom is -0.349 e. The Morgan fingerprint density at radius 3 is 2.42 bits per heavy atom. The number of nitrogens with one attached hydrogen (secondary N) is 1. The summed E-state index contributed by atoms with van der Waals surface area (Å²) in [5.74, 6) is -0.482. The first kappa shape index (κ1) is 17.9. The van der Waals surface area contributed by atoms with Crippen LogP contribution in [0.25, 0.3) is 5.70 Å². The van der Waals surface area contributed by atoms with E-state index in [9.17, 15) is 9.59 Å². The molecule has 0 spiro atoms. The quantitative estimate of drug-likeness (QED) is 0.903. The predicted octanol–water partition coefficient (Wildman–Crippen LogP) is 3.05. The third-order valence-corrected chi connectivity index (χ3v) is 4.08. The fraction of sp³-hybridized carbons (Fsp3) is 0.350. The Hall–Kier alpha value is -2.89. The molecule has 0 fully saturated rings. The molecule has 1 unspecified atom stereocenters. The lowest BCUT2D eigenvalue weighted by molar-refractivity contribution is -0.126. The number of amides is 2. The second kappa shape index (κ2) is 6.44. The lowest BCUT2D eigenvalue weighted by atomic mass is 10.0. The number of rotatable bonds is 2. The third-order valence-electron chi connectivity index (χ3n) is 4.08. The molecule has 1 N–H and O–H groups in total. The molecule has 1 aromatic heterocycles. The van der Waals surface area contributed by atoms with Gasteiger partial charge in [0.15, 0.2) is 6.04 Å². The molecule has 0 radical (unpaired) electrons. The number of nitrogens with zero attached hydrogens (tertiary/aromatic N) is 3. The molecule has 0 saturated heterocycles. The zero-order valence-electron chi connectivity index (χ0n) is 15.8. The summed E-state index contributed by atoms with van der Waals surface area (Å²) in [5.41, 5.74) is 2.40. The Morgan fingerprint density at radius 2 is 1.81 bits per heavy atom. The minimum absolute atomic E-state index is 0.237. The number of allylic oxidation sites excluding steroid dienone is 1. The topological polar surface area (TPSA) is 67.2 Å². The number of hydrogen-bond donors (Lipinski definition) is 1. The normalized spacial score (nSPS) is 17.4. The summed E-state index contributed by atoms with van der Waals surface area (Å²) < 4.78 is 1.68. The Bertz CT molecular complexity index is 875. The first-order chi connectivity index (χ1) is 12.2. The minimum atomic E-state index is -0.806. The molecule has 2 aromatic rings. The molecule has 1 aromatic carbocycles. The maximum absolute atomic E-state index is 13.2. The highest BCUT2D eigenvalue weighted by molar-refractivity contribution is 6.09. The van der Waals surface area contributed by atoms with Gasteiger partial charge in [0.25, 0.3) is 5.91 Å². The predicted molar refractivity (Wildman–Crippen MR) is 101 cm³/mol. The standard InChI is InChI=1S/C20H24N4O2/c1-13-11-16-18(19(26)21-20(3,4)5)23(15-9-7-6-8-10-15)17(25)12-14(2)24(16)22-13/h6-12,18H,1-5H3,(H,21,26). The van der Waals surface area contributed by atoms with E-state index in [1.807, 2.05) is 71.0 Å². The van der Waals surface area contributed by atoms with Crippen molar-refractivity contribution in [3.8, 4) is 0 Å². The summed E-state index contributed by atoms with van der Waals surface area (Å²) in [6.07, 6.45) is 1.52. The first-order valence-electron chi connectivity index (χ1n) is 8.63. The number of carbonyl (C=O) groups is 2. The number of benzene rings is 1. The lowest BCUT2D eigenvalue weighted by Gasteiger charge is -2.31. The highest BCUT2D eigenvalue weighted by Crippen LogP contribution is 2.32. The molecule has 3 rings (SSSR count). The van der Waals surface area contributed by atoms with E-state index in [4.69, 9.17) is 0 Å². The summed E-state index contributed by atoms with van der Waals surface area (Å²) in [6, 6.07) is 10.3. The molecule has 1 aliphatic heterocycles. The molecule has 2 amide bonds. The molecular weight excluding hydrogens is 328 g/mol. The van der Waals surface area contributed by atoms with Gasteiger partial charge in [0.1, 0.15) is 0 Å². The number of aryl methyl sites for hydroxylation is 1. The summed E-state index contributed by atoms with van der Waals surface area (Å²) >= 11 is 0. The molecular formula is C20H24N4O2. The van der Waals surface area contributed by atoms with Gasteiger partial charge in [-0.2, -0.15) is 5.10 Å². The maximum atomic E-state index is 13.2. The van der Waals surface area contributed by atoms with E-state index < -0.39 is 11.6 Å². The van der Waals surface area contributed by atoms with Crippen molar-refractivity contribution in [2.45, 2.75) is 46.2 Å². The molecule has 1 aliphatic rings. The number of fused-ring (bicyclic) bond motifs is 1. The van der Waals surface area contributed by atoms with E-state index in [1.165, 1.54) is 11.0 Å². The van der Waals surface area contributed by atoms with Crippen LogP contribution in [0.3, 0.4) is 0 Å². The van der Waals surface area contributed by atoms with Gasteiger partial charge >= 0.3 is 0 Å². The van der Waals surface area contributed by atoms with Crippen LogP contribution in [0.1, 0.15) is 45.1 Å². The van der Waals surface area contributed by atoms with Gasteiger partial charge in [0.05, 0.1) is 11.4 Å². The summed E-state index contributed by atoms with van der Waals surface area (Å²) in [4.78, 5) is 27.7. The van der Waals surface area contributed by atoms with Gasteiger partial charge in [0.2, 0.25) is 5.91 Å². The van der Waals surface area contributed by atoms with Gasteiger partial charge < -0.3 is 5.32 Å². The number of carbonyl (C=O) groups excluding carboxylic acids is 2. The lowest BCUT2D eigenvalue weighted by Crippen LogP contribution is -2.49. The van der Waals surface area contributed by atoms with Crippen LogP contribution in [0.2, 0.25) is 0 Å². The highest BCUT2D eigenvalue weighted by atomic mass is 16.2. The van der Waals surface area contributed by atoms with Crippen molar-refractivity contribution in [3.63, 3.8) is 0 Å². The van der Waals surface area contributed by atoms with Crippen LogP contribution in [-0.4, -0.2) is 27.1 Å². The van der Waals surface area contributed by atoms with Crippen molar-refractivity contribution in [1.82, 2.24) is 15.1 Å². The number of anilines is 1. The molecule has 0 saturated carbocycles. The molecule has 136 valence electrons. The van der Waals surface area contributed by atoms with Gasteiger partial charge in [-0.25, -0.2) is 4.68 Å². The van der Waals surface area contributed by atoms with Crippen LogP contribution in [0.15, 0.2) is 42.5 Å². The van der Waals surface area contributed by atoms with Crippen LogP contribution in [-0.2, 0) is 9.59 Å². The molecule has 26 heavy (non-hydrogen) atoms. The SMILES string of the molecule is CC1=CC(=O)N(c2ccccc2)C(C(=O)NC(C)(C)C)c2cc(C)nn21. The van der Waals surface area contributed by atoms with Crippen LogP contribution >= 0.6 is 0 Å². The van der Waals surface area contributed by atoms with Crippen molar-refractivity contribution in [2.75, 3.05) is 4.90 Å². The smallest absolute Gasteiger partial charge is 0.253 e. The van der Waals surface area contributed by atoms with E-state index >= 15 is 0 Å². The summed E-state index contributed by atoms with van der Waals surface area (Å²) in [6.45, 7) is 9.45. The molecule has 6 nitrogen and oxygen atoms in total.